The Hall–Kier alpha value is -3.43. The van der Waals surface area contributed by atoms with Gasteiger partial charge in [-0.3, -0.25) is 14.3 Å². The van der Waals surface area contributed by atoms with E-state index in [4.69, 9.17) is 4.74 Å². The van der Waals surface area contributed by atoms with Gasteiger partial charge in [-0.1, -0.05) is 0 Å². The zero-order valence-corrected chi connectivity index (χ0v) is 18.5. The average Bonchev–Trinajstić information content (AvgIpc) is 3.48. The van der Waals surface area contributed by atoms with Crippen LogP contribution in [0.15, 0.2) is 42.6 Å². The van der Waals surface area contributed by atoms with Crippen LogP contribution in [0, 0.1) is 6.92 Å². The quantitative estimate of drug-likeness (QED) is 0.452. The number of anilines is 2. The smallest absolute Gasteiger partial charge is 0.416 e. The van der Waals surface area contributed by atoms with E-state index in [1.54, 1.807) is 31.2 Å². The van der Waals surface area contributed by atoms with Crippen molar-refractivity contribution in [2.24, 2.45) is 0 Å². The second kappa shape index (κ2) is 7.92. The number of carboxylic acid groups (broad SMARTS) is 1. The third kappa shape index (κ3) is 3.39. The van der Waals surface area contributed by atoms with Crippen LogP contribution in [0.3, 0.4) is 0 Å². The summed E-state index contributed by atoms with van der Waals surface area (Å²) in [5, 5.41) is 13.7. The second-order valence-corrected chi connectivity index (χ2v) is 8.87. The number of pyridine rings is 1. The second-order valence-electron chi connectivity index (χ2n) is 7.82. The molecular weight excluding hydrogens is 428 g/mol. The molecule has 9 heteroatoms. The Labute approximate surface area is 188 Å². The zero-order chi connectivity index (χ0) is 22.4. The number of carbonyl (C=O) groups is 2. The number of ether oxygens (including phenoxy) is 1. The largest absolute Gasteiger partial charge is 0.464 e. The number of likely N-dealkylation sites (tertiary alicyclic amines) is 1. The molecule has 1 amide bonds. The van der Waals surface area contributed by atoms with E-state index in [0.29, 0.717) is 22.6 Å². The van der Waals surface area contributed by atoms with Gasteiger partial charge in [0.2, 0.25) is 0 Å². The van der Waals surface area contributed by atoms with Crippen LogP contribution in [0.5, 0.6) is 0 Å². The van der Waals surface area contributed by atoms with Crippen LogP contribution in [0.25, 0.3) is 21.1 Å². The summed E-state index contributed by atoms with van der Waals surface area (Å²) in [6, 6.07) is 11.1. The van der Waals surface area contributed by atoms with Crippen molar-refractivity contribution in [1.29, 1.82) is 0 Å². The molecule has 8 nitrogen and oxygen atoms in total. The van der Waals surface area contributed by atoms with Gasteiger partial charge in [-0.2, -0.15) is 0 Å². The van der Waals surface area contributed by atoms with Crippen molar-refractivity contribution >= 4 is 55.8 Å². The van der Waals surface area contributed by atoms with Gasteiger partial charge in [-0.05, 0) is 56.2 Å². The summed E-state index contributed by atoms with van der Waals surface area (Å²) in [5.41, 5.74) is 3.73. The number of hydrogen-bond donors (Lipinski definition) is 2. The minimum Gasteiger partial charge on any atom is -0.464 e. The maximum absolute atomic E-state index is 13.0. The number of benzene rings is 1. The maximum atomic E-state index is 13.0. The van der Waals surface area contributed by atoms with Crippen molar-refractivity contribution in [1.82, 2.24) is 14.5 Å². The summed E-state index contributed by atoms with van der Waals surface area (Å²) in [6.07, 6.45) is 2.32. The number of hydrogen-bond acceptors (Lipinski definition) is 6. The first-order valence-electron chi connectivity index (χ1n) is 10.3. The molecule has 0 bridgehead atoms. The normalized spacial score (nSPS) is 16.2. The molecule has 1 unspecified atom stereocenters. The van der Waals surface area contributed by atoms with E-state index in [1.807, 2.05) is 30.3 Å². The van der Waals surface area contributed by atoms with Gasteiger partial charge >= 0.3 is 6.09 Å². The van der Waals surface area contributed by atoms with Crippen molar-refractivity contribution < 1.29 is 19.4 Å². The number of nitrogens with zero attached hydrogens (tertiary/aromatic N) is 3. The van der Waals surface area contributed by atoms with Crippen molar-refractivity contribution in [3.8, 4) is 0 Å². The minimum absolute atomic E-state index is 0.0322. The van der Waals surface area contributed by atoms with Crippen molar-refractivity contribution in [3.05, 3.63) is 53.2 Å². The topological polar surface area (TPSA) is 96.7 Å². The Morgan fingerprint density at radius 2 is 2.09 bits per heavy atom. The van der Waals surface area contributed by atoms with E-state index in [2.05, 4.69) is 10.3 Å². The zero-order valence-electron chi connectivity index (χ0n) is 17.7. The highest BCUT2D eigenvalue weighted by Crippen LogP contribution is 2.35. The van der Waals surface area contributed by atoms with Crippen molar-refractivity contribution in [2.45, 2.75) is 26.0 Å². The number of aryl methyl sites for hydroxylation is 1. The van der Waals surface area contributed by atoms with E-state index >= 15 is 0 Å². The standard InChI is InChI=1S/C23H22N4O4S/c1-13-10-14-11-15(5-6-18(14)27(13)23(29)30)25-16-7-8-24-17-12-19(32-21(16)17)22(28)26-9-3-4-20(26)31-2/h5-8,10-12,20H,3-4,9H2,1-2H3,(H,24,25)(H,29,30). The van der Waals surface area contributed by atoms with Crippen LogP contribution in [-0.4, -0.2) is 51.4 Å². The molecule has 0 radical (unpaired) electrons. The van der Waals surface area contributed by atoms with Gasteiger partial charge in [0.1, 0.15) is 6.23 Å². The molecule has 0 saturated carbocycles. The Bertz CT molecular complexity index is 1360. The molecule has 1 aliphatic heterocycles. The van der Waals surface area contributed by atoms with Crippen molar-refractivity contribution in [2.75, 3.05) is 19.0 Å². The molecule has 0 aliphatic carbocycles. The maximum Gasteiger partial charge on any atom is 0.416 e. The van der Waals surface area contributed by atoms with Gasteiger partial charge in [-0.25, -0.2) is 4.79 Å². The lowest BCUT2D eigenvalue weighted by molar-refractivity contribution is 0.00195. The van der Waals surface area contributed by atoms with Crippen LogP contribution >= 0.6 is 11.3 Å². The molecule has 5 rings (SSSR count). The molecule has 1 fully saturated rings. The van der Waals surface area contributed by atoms with Gasteiger partial charge in [-0.15, -0.1) is 11.3 Å². The highest BCUT2D eigenvalue weighted by Gasteiger charge is 2.30. The average molecular weight is 451 g/mol. The number of aromatic nitrogens is 2. The predicted octanol–water partition coefficient (Wildman–Crippen LogP) is 5.04. The lowest BCUT2D eigenvalue weighted by Gasteiger charge is -2.22. The first kappa shape index (κ1) is 20.5. The number of methoxy groups -OCH3 is 1. The third-order valence-electron chi connectivity index (χ3n) is 5.81. The fourth-order valence-corrected chi connectivity index (χ4v) is 5.38. The van der Waals surface area contributed by atoms with Gasteiger partial charge in [0.25, 0.3) is 5.91 Å². The molecule has 1 aromatic carbocycles. The summed E-state index contributed by atoms with van der Waals surface area (Å²) in [6.45, 7) is 2.46. The molecule has 3 aromatic heterocycles. The Kier molecular flexibility index (Phi) is 5.07. The predicted molar refractivity (Wildman–Crippen MR) is 124 cm³/mol. The van der Waals surface area contributed by atoms with Crippen LogP contribution < -0.4 is 5.32 Å². The van der Waals surface area contributed by atoms with E-state index in [9.17, 15) is 14.7 Å². The van der Waals surface area contributed by atoms with Gasteiger partial charge in [0.05, 0.1) is 26.3 Å². The van der Waals surface area contributed by atoms with E-state index < -0.39 is 6.09 Å². The first-order valence-corrected chi connectivity index (χ1v) is 11.1. The molecule has 164 valence electrons. The minimum atomic E-state index is -1.00. The SMILES string of the molecule is COC1CCCN1C(=O)c1cc2nccc(Nc3ccc4c(c3)cc(C)n4C(=O)O)c2s1. The fourth-order valence-electron chi connectivity index (χ4n) is 4.34. The number of fused-ring (bicyclic) bond motifs is 2. The highest BCUT2D eigenvalue weighted by molar-refractivity contribution is 7.21. The highest BCUT2D eigenvalue weighted by atomic mass is 32.1. The monoisotopic (exact) mass is 450 g/mol. The number of amides is 1. The Balaban J connectivity index is 1.47. The van der Waals surface area contributed by atoms with E-state index in [1.165, 1.54) is 15.9 Å². The lowest BCUT2D eigenvalue weighted by atomic mass is 10.2. The molecule has 1 atom stereocenters. The molecule has 0 spiro atoms. The summed E-state index contributed by atoms with van der Waals surface area (Å²) < 4.78 is 7.61. The molecule has 1 aliphatic rings. The van der Waals surface area contributed by atoms with Crippen LogP contribution in [-0.2, 0) is 4.74 Å². The number of rotatable bonds is 4. The summed E-state index contributed by atoms with van der Waals surface area (Å²) in [5.74, 6) is -0.0322. The molecule has 32 heavy (non-hydrogen) atoms. The van der Waals surface area contributed by atoms with Crippen LogP contribution in [0.1, 0.15) is 28.2 Å². The van der Waals surface area contributed by atoms with E-state index in [0.717, 1.165) is 39.8 Å². The third-order valence-corrected chi connectivity index (χ3v) is 6.95. The molecular formula is C23H22N4O4S. The van der Waals surface area contributed by atoms with Gasteiger partial charge < -0.3 is 20.1 Å². The summed E-state index contributed by atoms with van der Waals surface area (Å²) in [4.78, 5) is 31.4. The number of carbonyl (C=O) groups excluding carboxylic acids is 1. The Morgan fingerprint density at radius 1 is 1.25 bits per heavy atom. The summed E-state index contributed by atoms with van der Waals surface area (Å²) in [7, 11) is 1.63. The molecule has 4 aromatic rings. The number of nitrogens with one attached hydrogen (secondary N) is 1. The van der Waals surface area contributed by atoms with Crippen LogP contribution in [0.4, 0.5) is 16.2 Å². The van der Waals surface area contributed by atoms with Crippen LogP contribution in [0.2, 0.25) is 0 Å². The molecule has 1 saturated heterocycles. The van der Waals surface area contributed by atoms with Crippen molar-refractivity contribution in [3.63, 3.8) is 0 Å². The summed E-state index contributed by atoms with van der Waals surface area (Å²) >= 11 is 1.41. The van der Waals surface area contributed by atoms with Gasteiger partial charge in [0.15, 0.2) is 0 Å². The lowest BCUT2D eigenvalue weighted by Crippen LogP contribution is -2.36. The Morgan fingerprint density at radius 3 is 2.88 bits per heavy atom. The molecule has 4 heterocycles. The first-order chi connectivity index (χ1) is 15.5. The number of thiophene rings is 1. The fraction of sp³-hybridized carbons (Fsp3) is 0.261. The molecule has 2 N–H and O–H groups in total. The van der Waals surface area contributed by atoms with Gasteiger partial charge in [0, 0.05) is 36.6 Å². The van der Waals surface area contributed by atoms with E-state index in [-0.39, 0.29) is 12.1 Å².